The minimum atomic E-state index is -0.985. The SMILES string of the molecule is CCOC(=O)C1(N(COC(C)(C)Cc2ccccc2)C(=O)OC(C)(C)C)CC1. The molecule has 6 nitrogen and oxygen atoms in total. The molecular formula is C22H33NO5. The Bertz CT molecular complexity index is 674. The normalized spacial score (nSPS) is 15.6. The van der Waals surface area contributed by atoms with Crippen LogP contribution in [0.4, 0.5) is 4.79 Å². The average Bonchev–Trinajstić information content (AvgIpc) is 3.35. The van der Waals surface area contributed by atoms with Crippen molar-refractivity contribution in [2.75, 3.05) is 13.3 Å². The van der Waals surface area contributed by atoms with Gasteiger partial charge in [-0.25, -0.2) is 9.59 Å². The van der Waals surface area contributed by atoms with Gasteiger partial charge in [-0.1, -0.05) is 30.3 Å². The van der Waals surface area contributed by atoms with Gasteiger partial charge in [0.05, 0.1) is 12.2 Å². The first kappa shape index (κ1) is 22.2. The Hall–Kier alpha value is -2.08. The molecule has 0 unspecified atom stereocenters. The van der Waals surface area contributed by atoms with Crippen molar-refractivity contribution in [3.63, 3.8) is 0 Å². The monoisotopic (exact) mass is 391 g/mol. The number of esters is 1. The highest BCUT2D eigenvalue weighted by atomic mass is 16.6. The van der Waals surface area contributed by atoms with Crippen molar-refractivity contribution in [1.82, 2.24) is 4.90 Å². The molecule has 2 rings (SSSR count). The van der Waals surface area contributed by atoms with Crippen LogP contribution in [0.3, 0.4) is 0 Å². The number of benzene rings is 1. The lowest BCUT2D eigenvalue weighted by atomic mass is 9.98. The summed E-state index contributed by atoms with van der Waals surface area (Å²) in [6.45, 7) is 11.3. The number of carbonyl (C=O) groups excluding carboxylic acids is 2. The van der Waals surface area contributed by atoms with Gasteiger partial charge >= 0.3 is 12.1 Å². The van der Waals surface area contributed by atoms with Gasteiger partial charge < -0.3 is 14.2 Å². The summed E-state index contributed by atoms with van der Waals surface area (Å²) in [4.78, 5) is 26.8. The van der Waals surface area contributed by atoms with E-state index in [0.717, 1.165) is 5.56 Å². The maximum atomic E-state index is 12.8. The number of rotatable bonds is 8. The molecule has 0 aromatic heterocycles. The van der Waals surface area contributed by atoms with Gasteiger partial charge in [0.25, 0.3) is 0 Å². The third-order valence-electron chi connectivity index (χ3n) is 4.57. The largest absolute Gasteiger partial charge is 0.464 e. The molecule has 6 heteroatoms. The molecular weight excluding hydrogens is 358 g/mol. The molecule has 1 aromatic carbocycles. The number of nitrogens with zero attached hydrogens (tertiary/aromatic N) is 1. The average molecular weight is 392 g/mol. The summed E-state index contributed by atoms with van der Waals surface area (Å²) in [6.07, 6.45) is 1.22. The maximum absolute atomic E-state index is 12.8. The highest BCUT2D eigenvalue weighted by Crippen LogP contribution is 2.44. The number of hydrogen-bond donors (Lipinski definition) is 0. The molecule has 0 bridgehead atoms. The van der Waals surface area contributed by atoms with E-state index < -0.39 is 28.8 Å². The Morgan fingerprint density at radius 3 is 2.18 bits per heavy atom. The van der Waals surface area contributed by atoms with Crippen LogP contribution in [0.25, 0.3) is 0 Å². The van der Waals surface area contributed by atoms with E-state index in [9.17, 15) is 9.59 Å². The van der Waals surface area contributed by atoms with Crippen LogP contribution in [0.5, 0.6) is 0 Å². The molecule has 0 heterocycles. The zero-order valence-corrected chi connectivity index (χ0v) is 17.9. The molecule has 0 atom stereocenters. The summed E-state index contributed by atoms with van der Waals surface area (Å²) < 4.78 is 16.9. The Balaban J connectivity index is 2.13. The molecule has 1 aliphatic rings. The van der Waals surface area contributed by atoms with Crippen molar-refractivity contribution in [3.8, 4) is 0 Å². The maximum Gasteiger partial charge on any atom is 0.413 e. The van der Waals surface area contributed by atoms with Crippen LogP contribution >= 0.6 is 0 Å². The van der Waals surface area contributed by atoms with Gasteiger partial charge in [0, 0.05) is 6.42 Å². The Morgan fingerprint density at radius 1 is 1.07 bits per heavy atom. The fraction of sp³-hybridized carbons (Fsp3) is 0.636. The molecule has 1 aliphatic carbocycles. The molecule has 0 saturated heterocycles. The summed E-state index contributed by atoms with van der Waals surface area (Å²) in [5, 5.41) is 0. The van der Waals surface area contributed by atoms with Gasteiger partial charge in [-0.2, -0.15) is 0 Å². The zero-order chi connectivity index (χ0) is 21.0. The summed E-state index contributed by atoms with van der Waals surface area (Å²) in [7, 11) is 0. The molecule has 1 amide bonds. The Labute approximate surface area is 168 Å². The van der Waals surface area contributed by atoms with Gasteiger partial charge in [-0.05, 0) is 59.9 Å². The van der Waals surface area contributed by atoms with Crippen molar-refractivity contribution in [2.45, 2.75) is 77.5 Å². The topological polar surface area (TPSA) is 65.1 Å². The first-order valence-electron chi connectivity index (χ1n) is 9.85. The third kappa shape index (κ3) is 5.96. The Kier molecular flexibility index (Phi) is 6.75. The second kappa shape index (κ2) is 8.52. The van der Waals surface area contributed by atoms with E-state index in [0.29, 0.717) is 19.3 Å². The molecule has 1 fully saturated rings. The van der Waals surface area contributed by atoms with Gasteiger partial charge in [0.15, 0.2) is 0 Å². The lowest BCUT2D eigenvalue weighted by molar-refractivity contribution is -0.157. The van der Waals surface area contributed by atoms with Crippen LogP contribution in [0.2, 0.25) is 0 Å². The number of ether oxygens (including phenoxy) is 3. The van der Waals surface area contributed by atoms with Crippen molar-refractivity contribution in [3.05, 3.63) is 35.9 Å². The Morgan fingerprint density at radius 2 is 1.68 bits per heavy atom. The quantitative estimate of drug-likeness (QED) is 0.488. The summed E-state index contributed by atoms with van der Waals surface area (Å²) in [5.41, 5.74) is -1.03. The fourth-order valence-electron chi connectivity index (χ4n) is 3.01. The lowest BCUT2D eigenvalue weighted by Gasteiger charge is -2.35. The minimum absolute atomic E-state index is 0.0342. The molecule has 28 heavy (non-hydrogen) atoms. The predicted molar refractivity (Wildman–Crippen MR) is 107 cm³/mol. The van der Waals surface area contributed by atoms with Gasteiger partial charge in [0.1, 0.15) is 17.9 Å². The second-order valence-corrected chi connectivity index (χ2v) is 8.86. The highest BCUT2D eigenvalue weighted by Gasteiger charge is 2.59. The van der Waals surface area contributed by atoms with E-state index in [1.165, 1.54) is 4.90 Å². The molecule has 156 valence electrons. The highest BCUT2D eigenvalue weighted by molar-refractivity contribution is 5.88. The van der Waals surface area contributed by atoms with Crippen LogP contribution < -0.4 is 0 Å². The van der Waals surface area contributed by atoms with Gasteiger partial charge in [-0.15, -0.1) is 0 Å². The molecule has 1 aromatic rings. The summed E-state index contributed by atoms with van der Waals surface area (Å²) >= 11 is 0. The molecule has 0 aliphatic heterocycles. The van der Waals surface area contributed by atoms with Crippen LogP contribution in [0, 0.1) is 0 Å². The van der Waals surface area contributed by atoms with Crippen molar-refractivity contribution >= 4 is 12.1 Å². The van der Waals surface area contributed by atoms with Gasteiger partial charge in [-0.3, -0.25) is 4.90 Å². The molecule has 0 N–H and O–H groups in total. The molecule has 0 radical (unpaired) electrons. The minimum Gasteiger partial charge on any atom is -0.464 e. The van der Waals surface area contributed by atoms with Crippen molar-refractivity contribution in [2.24, 2.45) is 0 Å². The zero-order valence-electron chi connectivity index (χ0n) is 17.9. The van der Waals surface area contributed by atoms with E-state index in [-0.39, 0.29) is 13.3 Å². The second-order valence-electron chi connectivity index (χ2n) is 8.86. The van der Waals surface area contributed by atoms with Crippen LogP contribution in [-0.2, 0) is 25.4 Å². The smallest absolute Gasteiger partial charge is 0.413 e. The first-order valence-corrected chi connectivity index (χ1v) is 9.85. The van der Waals surface area contributed by atoms with E-state index in [4.69, 9.17) is 14.2 Å². The third-order valence-corrected chi connectivity index (χ3v) is 4.57. The number of carbonyl (C=O) groups is 2. The lowest BCUT2D eigenvalue weighted by Crippen LogP contribution is -2.52. The number of hydrogen-bond acceptors (Lipinski definition) is 5. The standard InChI is InChI=1S/C22H33NO5/c1-7-26-18(24)22(13-14-22)23(19(25)28-20(2,3)4)16-27-21(5,6)15-17-11-9-8-10-12-17/h8-12H,7,13-16H2,1-6H3. The molecule has 1 saturated carbocycles. The van der Waals surface area contributed by atoms with E-state index in [1.807, 2.05) is 44.2 Å². The van der Waals surface area contributed by atoms with Crippen molar-refractivity contribution in [1.29, 1.82) is 0 Å². The number of amides is 1. The van der Waals surface area contributed by atoms with E-state index in [1.54, 1.807) is 27.7 Å². The summed E-state index contributed by atoms with van der Waals surface area (Å²) in [6, 6.07) is 10.0. The van der Waals surface area contributed by atoms with E-state index >= 15 is 0 Å². The van der Waals surface area contributed by atoms with Crippen LogP contribution in [0.1, 0.15) is 59.9 Å². The van der Waals surface area contributed by atoms with Crippen molar-refractivity contribution < 1.29 is 23.8 Å². The van der Waals surface area contributed by atoms with Crippen LogP contribution in [0.15, 0.2) is 30.3 Å². The van der Waals surface area contributed by atoms with Gasteiger partial charge in [0.2, 0.25) is 0 Å². The van der Waals surface area contributed by atoms with E-state index in [2.05, 4.69) is 0 Å². The first-order chi connectivity index (χ1) is 13.0. The fourth-order valence-corrected chi connectivity index (χ4v) is 3.01. The summed E-state index contributed by atoms with van der Waals surface area (Å²) in [5.74, 6) is -0.398. The van der Waals surface area contributed by atoms with Crippen LogP contribution in [-0.4, -0.2) is 47.0 Å². The molecule has 0 spiro atoms. The predicted octanol–water partition coefficient (Wildman–Crippen LogP) is 4.31.